The molecule has 2 rings (SSSR count). The molecule has 0 aromatic heterocycles. The topological polar surface area (TPSA) is 39.7 Å². The van der Waals surface area contributed by atoms with Crippen molar-refractivity contribution in [1.29, 1.82) is 0 Å². The second kappa shape index (κ2) is 8.95. The Morgan fingerprint density at radius 2 is 1.55 bits per heavy atom. The number of ether oxygens (including phenoxy) is 3. The average molecular weight is 301 g/mol. The standard InChI is InChI=1S/C18H23NO3/c1-3-21-12-13-22-18-10-6-16(7-11-18)19-14-15-4-8-17(20-2)9-5-15/h4-11,19H,3,12-14H2,1-2H3. The van der Waals surface area contributed by atoms with Crippen molar-refractivity contribution in [3.63, 3.8) is 0 Å². The van der Waals surface area contributed by atoms with Crippen LogP contribution in [0, 0.1) is 0 Å². The molecule has 2 aromatic rings. The van der Waals surface area contributed by atoms with Crippen molar-refractivity contribution in [2.24, 2.45) is 0 Å². The number of hydrogen-bond donors (Lipinski definition) is 1. The van der Waals surface area contributed by atoms with E-state index in [1.165, 1.54) is 5.56 Å². The highest BCUT2D eigenvalue weighted by Gasteiger charge is 1.97. The molecule has 0 atom stereocenters. The zero-order valence-corrected chi connectivity index (χ0v) is 13.2. The van der Waals surface area contributed by atoms with Crippen LogP contribution in [0.4, 0.5) is 5.69 Å². The van der Waals surface area contributed by atoms with Gasteiger partial charge in [0.1, 0.15) is 18.1 Å². The van der Waals surface area contributed by atoms with Gasteiger partial charge in [-0.05, 0) is 48.9 Å². The molecule has 0 bridgehead atoms. The Hall–Kier alpha value is -2.20. The van der Waals surface area contributed by atoms with Gasteiger partial charge in [-0.3, -0.25) is 0 Å². The van der Waals surface area contributed by atoms with Crippen molar-refractivity contribution >= 4 is 5.69 Å². The SMILES string of the molecule is CCOCCOc1ccc(NCc2ccc(OC)cc2)cc1. The maximum Gasteiger partial charge on any atom is 0.119 e. The van der Waals surface area contributed by atoms with E-state index in [0.717, 1.165) is 30.3 Å². The van der Waals surface area contributed by atoms with Gasteiger partial charge in [0.2, 0.25) is 0 Å². The van der Waals surface area contributed by atoms with E-state index in [1.54, 1.807) is 7.11 Å². The Bertz CT molecular complexity index is 537. The molecule has 0 amide bonds. The molecule has 0 aliphatic rings. The van der Waals surface area contributed by atoms with Gasteiger partial charge in [0.05, 0.1) is 13.7 Å². The summed E-state index contributed by atoms with van der Waals surface area (Å²) in [6.45, 7) is 4.66. The Morgan fingerprint density at radius 1 is 0.864 bits per heavy atom. The fourth-order valence-electron chi connectivity index (χ4n) is 1.98. The van der Waals surface area contributed by atoms with Gasteiger partial charge in [-0.15, -0.1) is 0 Å². The molecule has 1 N–H and O–H groups in total. The van der Waals surface area contributed by atoms with Crippen LogP contribution in [0.3, 0.4) is 0 Å². The highest BCUT2D eigenvalue weighted by Crippen LogP contribution is 2.17. The molecule has 0 radical (unpaired) electrons. The first-order valence-electron chi connectivity index (χ1n) is 7.49. The lowest BCUT2D eigenvalue weighted by Gasteiger charge is -2.09. The first kappa shape index (κ1) is 16.2. The van der Waals surface area contributed by atoms with E-state index >= 15 is 0 Å². The fraction of sp³-hybridized carbons (Fsp3) is 0.333. The summed E-state index contributed by atoms with van der Waals surface area (Å²) in [7, 11) is 1.67. The number of nitrogens with one attached hydrogen (secondary N) is 1. The van der Waals surface area contributed by atoms with Gasteiger partial charge in [-0.2, -0.15) is 0 Å². The summed E-state index contributed by atoms with van der Waals surface area (Å²) >= 11 is 0. The van der Waals surface area contributed by atoms with Crippen LogP contribution in [0.1, 0.15) is 12.5 Å². The van der Waals surface area contributed by atoms with E-state index in [2.05, 4.69) is 17.4 Å². The largest absolute Gasteiger partial charge is 0.497 e. The van der Waals surface area contributed by atoms with Crippen LogP contribution in [-0.2, 0) is 11.3 Å². The van der Waals surface area contributed by atoms with E-state index in [1.807, 2.05) is 43.3 Å². The lowest BCUT2D eigenvalue weighted by Crippen LogP contribution is -2.06. The van der Waals surface area contributed by atoms with Crippen LogP contribution in [0.25, 0.3) is 0 Å². The smallest absolute Gasteiger partial charge is 0.119 e. The number of anilines is 1. The molecule has 0 fully saturated rings. The van der Waals surface area contributed by atoms with Gasteiger partial charge in [0.25, 0.3) is 0 Å². The predicted octanol–water partition coefficient (Wildman–Crippen LogP) is 3.72. The molecule has 22 heavy (non-hydrogen) atoms. The van der Waals surface area contributed by atoms with Gasteiger partial charge in [-0.25, -0.2) is 0 Å². The first-order valence-corrected chi connectivity index (χ1v) is 7.49. The summed E-state index contributed by atoms with van der Waals surface area (Å²) in [4.78, 5) is 0. The molecular weight excluding hydrogens is 278 g/mol. The third kappa shape index (κ3) is 5.30. The van der Waals surface area contributed by atoms with Gasteiger partial charge >= 0.3 is 0 Å². The summed E-state index contributed by atoms with van der Waals surface area (Å²) in [5.41, 5.74) is 2.27. The van der Waals surface area contributed by atoms with Gasteiger partial charge < -0.3 is 19.5 Å². The second-order valence-electron chi connectivity index (χ2n) is 4.77. The third-order valence-electron chi connectivity index (χ3n) is 3.21. The third-order valence-corrected chi connectivity index (χ3v) is 3.21. The van der Waals surface area contributed by atoms with Crippen molar-refractivity contribution in [1.82, 2.24) is 0 Å². The normalized spacial score (nSPS) is 10.3. The van der Waals surface area contributed by atoms with Crippen molar-refractivity contribution in [3.8, 4) is 11.5 Å². The Morgan fingerprint density at radius 3 is 2.18 bits per heavy atom. The van der Waals surface area contributed by atoms with E-state index in [0.29, 0.717) is 13.2 Å². The summed E-state index contributed by atoms with van der Waals surface area (Å²) < 4.78 is 16.0. The monoisotopic (exact) mass is 301 g/mol. The maximum absolute atomic E-state index is 5.58. The molecule has 0 unspecified atom stereocenters. The summed E-state index contributed by atoms with van der Waals surface area (Å²) in [6, 6.07) is 16.0. The average Bonchev–Trinajstić information content (AvgIpc) is 2.58. The number of benzene rings is 2. The lowest BCUT2D eigenvalue weighted by atomic mass is 10.2. The summed E-state index contributed by atoms with van der Waals surface area (Å²) in [6.07, 6.45) is 0. The predicted molar refractivity (Wildman–Crippen MR) is 88.8 cm³/mol. The van der Waals surface area contributed by atoms with Crippen LogP contribution < -0.4 is 14.8 Å². The minimum Gasteiger partial charge on any atom is -0.497 e. The first-order chi connectivity index (χ1) is 10.8. The zero-order chi connectivity index (χ0) is 15.6. The number of hydrogen-bond acceptors (Lipinski definition) is 4. The van der Waals surface area contributed by atoms with E-state index in [-0.39, 0.29) is 0 Å². The van der Waals surface area contributed by atoms with Gasteiger partial charge in [0, 0.05) is 18.8 Å². The Labute approximate surface area is 132 Å². The van der Waals surface area contributed by atoms with Crippen molar-refractivity contribution in [2.75, 3.05) is 32.2 Å². The molecule has 0 spiro atoms. The van der Waals surface area contributed by atoms with Gasteiger partial charge in [0.15, 0.2) is 0 Å². The van der Waals surface area contributed by atoms with Crippen LogP contribution in [-0.4, -0.2) is 26.9 Å². The molecule has 0 aliphatic heterocycles. The van der Waals surface area contributed by atoms with E-state index < -0.39 is 0 Å². The molecule has 4 nitrogen and oxygen atoms in total. The van der Waals surface area contributed by atoms with Crippen molar-refractivity contribution in [2.45, 2.75) is 13.5 Å². The molecule has 0 saturated heterocycles. The maximum atomic E-state index is 5.58. The number of methoxy groups -OCH3 is 1. The highest BCUT2D eigenvalue weighted by molar-refractivity contribution is 5.47. The van der Waals surface area contributed by atoms with Crippen LogP contribution >= 0.6 is 0 Å². The molecule has 0 aliphatic carbocycles. The van der Waals surface area contributed by atoms with Crippen LogP contribution in [0.2, 0.25) is 0 Å². The van der Waals surface area contributed by atoms with Gasteiger partial charge in [-0.1, -0.05) is 12.1 Å². The minimum absolute atomic E-state index is 0.576. The van der Waals surface area contributed by atoms with Crippen molar-refractivity contribution in [3.05, 3.63) is 54.1 Å². The quantitative estimate of drug-likeness (QED) is 0.717. The second-order valence-corrected chi connectivity index (χ2v) is 4.77. The van der Waals surface area contributed by atoms with E-state index in [4.69, 9.17) is 14.2 Å². The van der Waals surface area contributed by atoms with Crippen LogP contribution in [0.5, 0.6) is 11.5 Å². The molecule has 4 heteroatoms. The molecular formula is C18H23NO3. The number of rotatable bonds is 9. The molecule has 118 valence electrons. The Kier molecular flexibility index (Phi) is 6.58. The molecule has 0 heterocycles. The highest BCUT2D eigenvalue weighted by atomic mass is 16.5. The lowest BCUT2D eigenvalue weighted by molar-refractivity contribution is 0.110. The fourth-order valence-corrected chi connectivity index (χ4v) is 1.98. The molecule has 0 saturated carbocycles. The summed E-state index contributed by atoms with van der Waals surface area (Å²) in [5, 5.41) is 3.38. The van der Waals surface area contributed by atoms with Crippen molar-refractivity contribution < 1.29 is 14.2 Å². The zero-order valence-electron chi connectivity index (χ0n) is 13.2. The van der Waals surface area contributed by atoms with Crippen LogP contribution in [0.15, 0.2) is 48.5 Å². The molecule has 2 aromatic carbocycles. The minimum atomic E-state index is 0.576. The summed E-state index contributed by atoms with van der Waals surface area (Å²) in [5.74, 6) is 1.73. The van der Waals surface area contributed by atoms with E-state index in [9.17, 15) is 0 Å². The Balaban J connectivity index is 1.78.